The van der Waals surface area contributed by atoms with Crippen molar-refractivity contribution in [2.75, 3.05) is 7.05 Å². The summed E-state index contributed by atoms with van der Waals surface area (Å²) in [5.74, 6) is -5.57. The van der Waals surface area contributed by atoms with Crippen LogP contribution in [0.25, 0.3) is 5.57 Å². The third kappa shape index (κ3) is 5.37. The lowest BCUT2D eigenvalue weighted by Crippen LogP contribution is -2.72. The summed E-state index contributed by atoms with van der Waals surface area (Å²) in [6.07, 6.45) is -1.69. The number of imide groups is 1. The predicted molar refractivity (Wildman–Crippen MR) is 134 cm³/mol. The number of nitrogens with one attached hydrogen (secondary N) is 1. The minimum absolute atomic E-state index is 0.0731. The quantitative estimate of drug-likeness (QED) is 0.266. The van der Waals surface area contributed by atoms with Crippen molar-refractivity contribution in [3.05, 3.63) is 52.8 Å². The second-order valence-corrected chi connectivity index (χ2v) is 8.44. The van der Waals surface area contributed by atoms with Gasteiger partial charge in [-0.05, 0) is 18.2 Å². The van der Waals surface area contributed by atoms with Gasteiger partial charge in [-0.1, -0.05) is 28.3 Å². The molecule has 1 aliphatic rings. The summed E-state index contributed by atoms with van der Waals surface area (Å²) >= 11 is 6.33. The number of esters is 3. The summed E-state index contributed by atoms with van der Waals surface area (Å²) in [7, 11) is 1.08. The van der Waals surface area contributed by atoms with E-state index in [1.54, 1.807) is 0 Å². The van der Waals surface area contributed by atoms with E-state index in [-0.39, 0.29) is 16.3 Å². The molecule has 39 heavy (non-hydrogen) atoms. The first-order valence-corrected chi connectivity index (χ1v) is 11.3. The average Bonchev–Trinajstić information content (AvgIpc) is 2.82. The van der Waals surface area contributed by atoms with Gasteiger partial charge in [-0.3, -0.25) is 19.2 Å². The molecule has 0 radical (unpaired) electrons. The fourth-order valence-electron chi connectivity index (χ4n) is 3.83. The maximum atomic E-state index is 13.5. The molecule has 2 aromatic rings. The summed E-state index contributed by atoms with van der Waals surface area (Å²) in [6, 6.07) is 6.71. The maximum Gasteiger partial charge on any atom is 0.462 e. The molecule has 1 unspecified atom stereocenters. The number of rotatable bonds is 6. The third-order valence-corrected chi connectivity index (χ3v) is 5.57. The maximum absolute atomic E-state index is 13.5. The number of para-hydroxylation sites is 1. The summed E-state index contributed by atoms with van der Waals surface area (Å²) < 4.78 is 13.9. The van der Waals surface area contributed by atoms with Gasteiger partial charge in [0.1, 0.15) is 10.6 Å². The van der Waals surface area contributed by atoms with Crippen LogP contribution >= 0.6 is 11.6 Å². The van der Waals surface area contributed by atoms with Crippen LogP contribution in [0.4, 0.5) is 15.3 Å². The first-order chi connectivity index (χ1) is 18.2. The Morgan fingerprint density at radius 1 is 0.949 bits per heavy atom. The predicted octanol–water partition coefficient (Wildman–Crippen LogP) is 2.53. The Morgan fingerprint density at radius 2 is 1.46 bits per heavy atom. The smallest absolute Gasteiger partial charge is 0.462 e. The first-order valence-electron chi connectivity index (χ1n) is 10.9. The van der Waals surface area contributed by atoms with E-state index < -0.39 is 69.2 Å². The van der Waals surface area contributed by atoms with E-state index in [1.165, 1.54) is 24.3 Å². The number of ether oxygens (including phenoxy) is 3. The number of hydrogen-bond acceptors (Lipinski definition) is 10. The number of carboxylic acid groups (broad SMARTS) is 1. The molecule has 204 valence electrons. The standard InChI is InChI=1S/C24H21ClN4O10/c1-11(30)37-17-9-14(10-18(38-12(2)31)20(17)39-13(3)32)19-21(26)29(27-23(34)35,24(36)28(4)22(19)33)16-8-6-5-7-15(16)25/h5-10,27H,1-4H3,(H2-,26,33,34,35)/p+1. The van der Waals surface area contributed by atoms with Crippen LogP contribution in [-0.4, -0.2) is 53.0 Å². The molecule has 3 rings (SSSR count). The zero-order valence-electron chi connectivity index (χ0n) is 20.9. The van der Waals surface area contributed by atoms with Gasteiger partial charge in [0, 0.05) is 39.4 Å². The fourth-order valence-corrected chi connectivity index (χ4v) is 4.09. The van der Waals surface area contributed by atoms with E-state index in [9.17, 15) is 33.9 Å². The number of likely N-dealkylation sites (N-methyl/N-ethyl adjacent to an activating group) is 1. The van der Waals surface area contributed by atoms with Crippen LogP contribution in [0.2, 0.25) is 5.02 Å². The summed E-state index contributed by atoms with van der Waals surface area (Å²) in [5, 5.41) is 9.59. The SMILES string of the molecule is CC(=O)Oc1cc(C2=C(N)[N+](NC(=O)O)(c3ccccc3Cl)C(=O)N(C)C2=O)cc(OC(C)=O)c1OC(C)=O. The van der Waals surface area contributed by atoms with Crippen molar-refractivity contribution >= 4 is 58.8 Å². The minimum atomic E-state index is -1.69. The Balaban J connectivity index is 2.48. The molecule has 0 bridgehead atoms. The van der Waals surface area contributed by atoms with Gasteiger partial charge < -0.3 is 25.1 Å². The molecule has 4 amide bonds. The second kappa shape index (κ2) is 10.8. The van der Waals surface area contributed by atoms with Gasteiger partial charge in [-0.25, -0.2) is 14.5 Å². The Hall–Kier alpha value is -4.95. The Kier molecular flexibility index (Phi) is 7.93. The van der Waals surface area contributed by atoms with Crippen LogP contribution in [0, 0.1) is 0 Å². The molecule has 2 aromatic carbocycles. The molecule has 4 N–H and O–H groups in total. The number of quaternary nitrogens is 1. The molecule has 0 fully saturated rings. The van der Waals surface area contributed by atoms with Crippen molar-refractivity contribution in [2.45, 2.75) is 20.8 Å². The number of hydrogen-bond donors (Lipinski definition) is 3. The molecule has 0 aliphatic carbocycles. The summed E-state index contributed by atoms with van der Waals surface area (Å²) in [4.78, 5) is 74.8. The van der Waals surface area contributed by atoms with Crippen LogP contribution in [0.5, 0.6) is 17.2 Å². The summed E-state index contributed by atoms with van der Waals surface area (Å²) in [6.45, 7) is 3.12. The largest absolute Gasteiger partial charge is 0.462 e. The van der Waals surface area contributed by atoms with E-state index >= 15 is 0 Å². The fraction of sp³-hybridized carbons (Fsp3) is 0.167. The number of urea groups is 1. The van der Waals surface area contributed by atoms with E-state index in [1.807, 2.05) is 5.43 Å². The van der Waals surface area contributed by atoms with E-state index in [2.05, 4.69) is 0 Å². The van der Waals surface area contributed by atoms with Crippen LogP contribution in [0.15, 0.2) is 42.2 Å². The number of amides is 4. The van der Waals surface area contributed by atoms with E-state index in [4.69, 9.17) is 31.5 Å². The molecule has 1 atom stereocenters. The number of nitrogens with two attached hydrogens (primary N) is 1. The molecular formula is C24H22ClN4O10+. The molecule has 1 aliphatic heterocycles. The van der Waals surface area contributed by atoms with Crippen LogP contribution in [0.1, 0.15) is 26.3 Å². The molecule has 14 nitrogen and oxygen atoms in total. The van der Waals surface area contributed by atoms with Crippen LogP contribution in [0.3, 0.4) is 0 Å². The van der Waals surface area contributed by atoms with Crippen molar-refractivity contribution < 1.29 is 48.1 Å². The number of benzene rings is 2. The van der Waals surface area contributed by atoms with Crippen molar-refractivity contribution in [1.29, 1.82) is 0 Å². The average molecular weight is 562 g/mol. The van der Waals surface area contributed by atoms with Crippen LogP contribution in [-0.2, 0) is 19.2 Å². The highest BCUT2D eigenvalue weighted by Gasteiger charge is 2.57. The topological polar surface area (TPSA) is 192 Å². The van der Waals surface area contributed by atoms with Gasteiger partial charge in [-0.2, -0.15) is 0 Å². The Bertz CT molecular complexity index is 1430. The number of carbonyl (C=O) groups is 6. The van der Waals surface area contributed by atoms with Crippen molar-refractivity contribution in [3.63, 3.8) is 0 Å². The second-order valence-electron chi connectivity index (χ2n) is 8.03. The Labute approximate surface area is 225 Å². The normalized spacial score (nSPS) is 17.0. The molecule has 0 saturated carbocycles. The molecule has 0 saturated heterocycles. The third-order valence-electron chi connectivity index (χ3n) is 5.25. The zero-order valence-corrected chi connectivity index (χ0v) is 21.7. The number of carbonyl (C=O) groups excluding carboxylic acids is 5. The lowest BCUT2D eigenvalue weighted by Gasteiger charge is -2.39. The number of halogens is 1. The highest BCUT2D eigenvalue weighted by Crippen LogP contribution is 2.44. The lowest BCUT2D eigenvalue weighted by molar-refractivity contribution is -0.135. The molecular weight excluding hydrogens is 540 g/mol. The zero-order chi connectivity index (χ0) is 29.2. The van der Waals surface area contributed by atoms with Gasteiger partial charge in [0.05, 0.1) is 0 Å². The van der Waals surface area contributed by atoms with Crippen molar-refractivity contribution in [2.24, 2.45) is 5.73 Å². The van der Waals surface area contributed by atoms with Gasteiger partial charge in [-0.15, -0.1) is 5.43 Å². The van der Waals surface area contributed by atoms with Gasteiger partial charge in [0.2, 0.25) is 5.75 Å². The molecule has 1 heterocycles. The van der Waals surface area contributed by atoms with Crippen LogP contribution < -0.4 is 30.0 Å². The minimum Gasteiger partial charge on any atom is -0.462 e. The number of nitrogens with zero attached hydrogens (tertiary/aromatic N) is 2. The van der Waals surface area contributed by atoms with E-state index in [0.717, 1.165) is 40.0 Å². The van der Waals surface area contributed by atoms with Gasteiger partial charge >= 0.3 is 30.0 Å². The lowest BCUT2D eigenvalue weighted by atomic mass is 10.0. The molecule has 0 aromatic heterocycles. The van der Waals surface area contributed by atoms with Crippen molar-refractivity contribution in [3.8, 4) is 17.2 Å². The molecule has 0 spiro atoms. The van der Waals surface area contributed by atoms with Crippen molar-refractivity contribution in [1.82, 2.24) is 14.9 Å². The van der Waals surface area contributed by atoms with Gasteiger partial charge in [0.15, 0.2) is 17.2 Å². The van der Waals surface area contributed by atoms with E-state index in [0.29, 0.717) is 4.90 Å². The molecule has 15 heteroatoms. The highest BCUT2D eigenvalue weighted by molar-refractivity contribution is 6.34. The Morgan fingerprint density at radius 3 is 1.92 bits per heavy atom. The highest BCUT2D eigenvalue weighted by atomic mass is 35.5. The first kappa shape index (κ1) is 28.6. The monoisotopic (exact) mass is 561 g/mol. The van der Waals surface area contributed by atoms with Gasteiger partial charge in [0.25, 0.3) is 11.7 Å². The summed E-state index contributed by atoms with van der Waals surface area (Å²) in [5.41, 5.74) is 7.65.